The molecule has 1 N–H and O–H groups in total. The maximum absolute atomic E-state index is 12.7. The van der Waals surface area contributed by atoms with Crippen LogP contribution >= 0.6 is 11.8 Å². The highest BCUT2D eigenvalue weighted by Crippen LogP contribution is 2.27. The molecule has 160 valence electrons. The van der Waals surface area contributed by atoms with Crippen molar-refractivity contribution >= 4 is 51.1 Å². The van der Waals surface area contributed by atoms with Gasteiger partial charge in [0.25, 0.3) is 5.91 Å². The van der Waals surface area contributed by atoms with Gasteiger partial charge in [0.15, 0.2) is 0 Å². The van der Waals surface area contributed by atoms with Gasteiger partial charge in [0.05, 0.1) is 13.7 Å². The van der Waals surface area contributed by atoms with Crippen molar-refractivity contribution in [1.82, 2.24) is 10.2 Å². The SMILES string of the molecule is COC(=O)[C@@H]1C[C@@H](SC)CN1C(=O)CNC(=O)c1ccc2cc3ccccc3cc2c1. The van der Waals surface area contributed by atoms with Gasteiger partial charge in [-0.15, -0.1) is 0 Å². The molecule has 0 spiro atoms. The van der Waals surface area contributed by atoms with Crippen molar-refractivity contribution in [3.05, 3.63) is 60.2 Å². The number of hydrogen-bond donors (Lipinski definition) is 1. The fourth-order valence-electron chi connectivity index (χ4n) is 4.04. The number of hydrogen-bond acceptors (Lipinski definition) is 5. The summed E-state index contributed by atoms with van der Waals surface area (Å²) in [5, 5.41) is 7.14. The molecule has 3 aromatic carbocycles. The van der Waals surface area contributed by atoms with Gasteiger partial charge in [-0.3, -0.25) is 9.59 Å². The number of nitrogens with one attached hydrogen (secondary N) is 1. The number of thioether (sulfide) groups is 1. The Balaban J connectivity index is 1.46. The lowest BCUT2D eigenvalue weighted by Gasteiger charge is -2.22. The summed E-state index contributed by atoms with van der Waals surface area (Å²) in [4.78, 5) is 39.0. The zero-order chi connectivity index (χ0) is 22.0. The van der Waals surface area contributed by atoms with E-state index in [4.69, 9.17) is 4.74 Å². The Morgan fingerprint density at radius 1 is 1.03 bits per heavy atom. The molecule has 2 atom stereocenters. The first-order chi connectivity index (χ1) is 15.0. The van der Waals surface area contributed by atoms with Crippen LogP contribution in [0.1, 0.15) is 16.8 Å². The molecule has 0 aliphatic carbocycles. The van der Waals surface area contributed by atoms with Gasteiger partial charge in [-0.25, -0.2) is 4.79 Å². The predicted octanol–water partition coefficient (Wildman–Crippen LogP) is 3.23. The fourth-order valence-corrected chi connectivity index (χ4v) is 4.73. The molecular weight excluding hydrogens is 412 g/mol. The quantitative estimate of drug-likeness (QED) is 0.491. The predicted molar refractivity (Wildman–Crippen MR) is 123 cm³/mol. The summed E-state index contributed by atoms with van der Waals surface area (Å²) in [5.74, 6) is -1.02. The van der Waals surface area contributed by atoms with Gasteiger partial charge < -0.3 is 15.0 Å². The average Bonchev–Trinajstić information content (AvgIpc) is 3.24. The Kier molecular flexibility index (Phi) is 6.13. The van der Waals surface area contributed by atoms with Crippen LogP contribution in [0.2, 0.25) is 0 Å². The van der Waals surface area contributed by atoms with Crippen molar-refractivity contribution in [2.75, 3.05) is 26.5 Å². The van der Waals surface area contributed by atoms with Crippen LogP contribution < -0.4 is 5.32 Å². The first-order valence-corrected chi connectivity index (χ1v) is 11.4. The second kappa shape index (κ2) is 8.98. The summed E-state index contributed by atoms with van der Waals surface area (Å²) in [6, 6.07) is 17.1. The van der Waals surface area contributed by atoms with E-state index in [9.17, 15) is 14.4 Å². The molecule has 7 heteroatoms. The van der Waals surface area contributed by atoms with Crippen LogP contribution in [0.5, 0.6) is 0 Å². The monoisotopic (exact) mass is 436 g/mol. The number of fused-ring (bicyclic) bond motifs is 2. The molecular formula is C24H24N2O4S. The van der Waals surface area contributed by atoms with Gasteiger partial charge >= 0.3 is 5.97 Å². The molecule has 1 heterocycles. The van der Waals surface area contributed by atoms with Gasteiger partial charge in [-0.2, -0.15) is 11.8 Å². The van der Waals surface area contributed by atoms with E-state index in [2.05, 4.69) is 23.5 Å². The Bertz CT molecular complexity index is 1160. The Labute approximate surface area is 184 Å². The third-order valence-electron chi connectivity index (χ3n) is 5.76. The number of carbonyl (C=O) groups is 3. The molecule has 0 unspecified atom stereocenters. The maximum atomic E-state index is 12.7. The van der Waals surface area contributed by atoms with E-state index in [0.29, 0.717) is 18.5 Å². The highest BCUT2D eigenvalue weighted by Gasteiger charge is 2.39. The zero-order valence-electron chi connectivity index (χ0n) is 17.5. The summed E-state index contributed by atoms with van der Waals surface area (Å²) in [5.41, 5.74) is 0.489. The Morgan fingerprint density at radius 3 is 2.39 bits per heavy atom. The molecule has 6 nitrogen and oxygen atoms in total. The first kappa shape index (κ1) is 21.2. The van der Waals surface area contributed by atoms with Crippen molar-refractivity contribution in [3.8, 4) is 0 Å². The van der Waals surface area contributed by atoms with Gasteiger partial charge in [-0.1, -0.05) is 30.3 Å². The van der Waals surface area contributed by atoms with Gasteiger partial charge in [-0.05, 0) is 58.5 Å². The number of carbonyl (C=O) groups excluding carboxylic acids is 3. The van der Waals surface area contributed by atoms with E-state index in [-0.39, 0.29) is 23.6 Å². The minimum absolute atomic E-state index is 0.164. The highest BCUT2D eigenvalue weighted by molar-refractivity contribution is 7.99. The van der Waals surface area contributed by atoms with E-state index in [1.807, 2.05) is 36.6 Å². The van der Waals surface area contributed by atoms with Gasteiger partial charge in [0.2, 0.25) is 5.91 Å². The Hall–Kier alpha value is -3.06. The van der Waals surface area contributed by atoms with Crippen molar-refractivity contribution in [3.63, 3.8) is 0 Å². The smallest absolute Gasteiger partial charge is 0.328 e. The van der Waals surface area contributed by atoms with Crippen molar-refractivity contribution in [1.29, 1.82) is 0 Å². The van der Waals surface area contributed by atoms with Crippen LogP contribution in [0.4, 0.5) is 0 Å². The van der Waals surface area contributed by atoms with Crippen LogP contribution in [0.3, 0.4) is 0 Å². The van der Waals surface area contributed by atoms with Gasteiger partial charge in [0, 0.05) is 17.4 Å². The van der Waals surface area contributed by atoms with E-state index in [0.717, 1.165) is 21.5 Å². The fraction of sp³-hybridized carbons (Fsp3) is 0.292. The minimum atomic E-state index is -0.596. The number of esters is 1. The summed E-state index contributed by atoms with van der Waals surface area (Å²) in [6.07, 6.45) is 2.52. The number of ether oxygens (including phenoxy) is 1. The number of rotatable bonds is 5. The molecule has 1 saturated heterocycles. The second-order valence-electron chi connectivity index (χ2n) is 7.62. The third-order valence-corrected chi connectivity index (χ3v) is 6.77. The molecule has 1 aliphatic heterocycles. The van der Waals surface area contributed by atoms with Crippen LogP contribution in [-0.4, -0.2) is 60.4 Å². The van der Waals surface area contributed by atoms with Gasteiger partial charge in [0.1, 0.15) is 6.04 Å². The summed E-state index contributed by atoms with van der Waals surface area (Å²) in [6.45, 7) is 0.307. The van der Waals surface area contributed by atoms with E-state index < -0.39 is 12.0 Å². The summed E-state index contributed by atoms with van der Waals surface area (Å²) in [7, 11) is 1.32. The number of nitrogens with zero attached hydrogens (tertiary/aromatic N) is 1. The highest BCUT2D eigenvalue weighted by atomic mass is 32.2. The molecule has 0 bridgehead atoms. The number of likely N-dealkylation sites (tertiary alicyclic amines) is 1. The topological polar surface area (TPSA) is 75.7 Å². The average molecular weight is 437 g/mol. The van der Waals surface area contributed by atoms with Crippen molar-refractivity contribution in [2.45, 2.75) is 17.7 Å². The largest absolute Gasteiger partial charge is 0.467 e. The third kappa shape index (κ3) is 4.37. The van der Waals surface area contributed by atoms with Crippen molar-refractivity contribution in [2.24, 2.45) is 0 Å². The standard InChI is InChI=1S/C24H24N2O4S/c1-30-24(29)21-12-20(31-2)14-26(21)22(27)13-25-23(28)18-8-7-17-9-15-5-3-4-6-16(15)10-19(17)11-18/h3-11,20-21H,12-14H2,1-2H3,(H,25,28)/t20-,21+/m1/s1. The number of methoxy groups -OCH3 is 1. The van der Waals surface area contributed by atoms with E-state index in [1.54, 1.807) is 17.8 Å². The Morgan fingerprint density at radius 2 is 1.71 bits per heavy atom. The minimum Gasteiger partial charge on any atom is -0.467 e. The molecule has 1 aliphatic rings. The normalized spacial score (nSPS) is 18.3. The number of amides is 2. The zero-order valence-corrected chi connectivity index (χ0v) is 18.3. The molecule has 4 rings (SSSR count). The number of benzene rings is 3. The van der Waals surface area contributed by atoms with Crippen LogP contribution in [0, 0.1) is 0 Å². The maximum Gasteiger partial charge on any atom is 0.328 e. The molecule has 0 saturated carbocycles. The molecule has 0 radical (unpaired) electrons. The molecule has 3 aromatic rings. The second-order valence-corrected chi connectivity index (χ2v) is 8.76. The van der Waals surface area contributed by atoms with Crippen LogP contribution in [-0.2, 0) is 14.3 Å². The molecule has 2 amide bonds. The lowest BCUT2D eigenvalue weighted by Crippen LogP contribution is -2.46. The lowest BCUT2D eigenvalue weighted by atomic mass is 10.0. The summed E-state index contributed by atoms with van der Waals surface area (Å²) >= 11 is 1.62. The van der Waals surface area contributed by atoms with E-state index in [1.165, 1.54) is 12.0 Å². The summed E-state index contributed by atoms with van der Waals surface area (Å²) < 4.78 is 4.84. The molecule has 0 aromatic heterocycles. The molecule has 1 fully saturated rings. The molecule has 31 heavy (non-hydrogen) atoms. The van der Waals surface area contributed by atoms with E-state index >= 15 is 0 Å². The van der Waals surface area contributed by atoms with Crippen LogP contribution in [0.15, 0.2) is 54.6 Å². The lowest BCUT2D eigenvalue weighted by molar-refractivity contribution is -0.150. The van der Waals surface area contributed by atoms with Crippen LogP contribution in [0.25, 0.3) is 21.5 Å². The first-order valence-electron chi connectivity index (χ1n) is 10.1. The van der Waals surface area contributed by atoms with Crippen molar-refractivity contribution < 1.29 is 19.1 Å².